The van der Waals surface area contributed by atoms with Crippen molar-refractivity contribution in [2.75, 3.05) is 47.5 Å². The number of carbonyl (C=O) groups is 2. The second-order valence-corrected chi connectivity index (χ2v) is 17.0. The van der Waals surface area contributed by atoms with Gasteiger partial charge >= 0.3 is 19.8 Å². The third kappa shape index (κ3) is 41.4. The summed E-state index contributed by atoms with van der Waals surface area (Å²) in [6.07, 6.45) is 42.7. The highest BCUT2D eigenvalue weighted by Crippen LogP contribution is 2.43. The van der Waals surface area contributed by atoms with Crippen LogP contribution in [-0.2, 0) is 32.7 Å². The number of phosphoric ester groups is 1. The van der Waals surface area contributed by atoms with Crippen LogP contribution in [0.15, 0.2) is 72.9 Å². The molecule has 2 N–H and O–H groups in total. The van der Waals surface area contributed by atoms with Crippen LogP contribution in [0.3, 0.4) is 0 Å². The number of likely N-dealkylation sites (N-methyl/N-ethyl adjacent to an activating group) is 1. The van der Waals surface area contributed by atoms with Gasteiger partial charge in [0.25, 0.3) is 0 Å². The maximum absolute atomic E-state index is 12.7. The Morgan fingerprint density at radius 1 is 0.649 bits per heavy atom. The molecule has 0 saturated heterocycles. The van der Waals surface area contributed by atoms with Crippen molar-refractivity contribution in [2.45, 2.75) is 161 Å². The summed E-state index contributed by atoms with van der Waals surface area (Å²) in [5, 5.41) is 10.0. The van der Waals surface area contributed by atoms with Crippen LogP contribution in [0, 0.1) is 0 Å². The standard InChI is InChI=1S/C46H80NO9P/c1-6-8-10-12-14-15-16-17-18-19-20-21-25-29-33-37-45(49)53-41-44(42-55-57(51,52)54-40-39-47(3,4)5)56-46(50)38-34-30-26-23-22-24-28-32-36-43(48)35-31-27-13-11-9-7-2/h9,11,17-18,23-24,26-28,31-32,36,43-44,48H,6-8,10,12-16,19-22,25,29-30,33-35,37-42H2,1-5H3/p+1/b11-9-,18-17-,26-23-,28-24-,31-27-,36-32+/t43?,44-/m1/s1. The molecule has 0 amide bonds. The monoisotopic (exact) mass is 823 g/mol. The van der Waals surface area contributed by atoms with Gasteiger partial charge in [0.1, 0.15) is 19.8 Å². The van der Waals surface area contributed by atoms with Crippen molar-refractivity contribution in [1.82, 2.24) is 0 Å². The van der Waals surface area contributed by atoms with E-state index in [0.29, 0.717) is 43.1 Å². The molecule has 0 rings (SSSR count). The fourth-order valence-electron chi connectivity index (χ4n) is 5.36. The molecule has 0 fully saturated rings. The summed E-state index contributed by atoms with van der Waals surface area (Å²) < 4.78 is 34.2. The van der Waals surface area contributed by atoms with Gasteiger partial charge in [-0.05, 0) is 70.6 Å². The predicted molar refractivity (Wildman–Crippen MR) is 235 cm³/mol. The zero-order valence-corrected chi connectivity index (χ0v) is 37.3. The Bertz CT molecular complexity index is 1220. The Morgan fingerprint density at radius 3 is 1.91 bits per heavy atom. The first-order chi connectivity index (χ1) is 27.4. The van der Waals surface area contributed by atoms with Crippen molar-refractivity contribution in [3.8, 4) is 0 Å². The number of quaternary nitrogens is 1. The molecule has 2 unspecified atom stereocenters. The lowest BCUT2D eigenvalue weighted by Gasteiger charge is -2.24. The molecule has 0 aliphatic heterocycles. The SMILES string of the molecule is CC/C=C\C/C=C\CC(O)/C=C/C=C\C/C=C\CCCC(=O)O[C@H](COC(=O)CCCCCCC/C=C\CCCCCCCC)COP(=O)(O)OCC[N+](C)(C)C. The van der Waals surface area contributed by atoms with Crippen LogP contribution in [0.4, 0.5) is 0 Å². The molecule has 11 heteroatoms. The lowest BCUT2D eigenvalue weighted by molar-refractivity contribution is -0.870. The summed E-state index contributed by atoms with van der Waals surface area (Å²) in [5.41, 5.74) is 0. The Morgan fingerprint density at radius 2 is 1.23 bits per heavy atom. The number of phosphoric acid groups is 1. The molecule has 0 saturated carbocycles. The third-order valence-corrected chi connectivity index (χ3v) is 9.79. The summed E-state index contributed by atoms with van der Waals surface area (Å²) in [6, 6.07) is 0. The molecule has 0 aromatic heterocycles. The molecule has 0 radical (unpaired) electrons. The molecule has 0 aliphatic carbocycles. The first kappa shape index (κ1) is 54.4. The number of nitrogens with zero attached hydrogens (tertiary/aromatic N) is 1. The molecule has 10 nitrogen and oxygen atoms in total. The van der Waals surface area contributed by atoms with E-state index in [0.717, 1.165) is 44.9 Å². The van der Waals surface area contributed by atoms with Gasteiger partial charge in [-0.2, -0.15) is 0 Å². The minimum atomic E-state index is -4.41. The smallest absolute Gasteiger partial charge is 0.462 e. The van der Waals surface area contributed by atoms with E-state index in [1.165, 1.54) is 44.9 Å². The van der Waals surface area contributed by atoms with Crippen molar-refractivity contribution >= 4 is 19.8 Å². The Labute approximate surface area is 347 Å². The molecule has 0 bridgehead atoms. The first-order valence-corrected chi connectivity index (χ1v) is 23.3. The van der Waals surface area contributed by atoms with Gasteiger partial charge in [0.2, 0.25) is 0 Å². The molecule has 0 aromatic rings. The van der Waals surface area contributed by atoms with E-state index in [4.69, 9.17) is 18.5 Å². The number of unbranched alkanes of at least 4 members (excludes halogenated alkanes) is 12. The topological polar surface area (TPSA) is 129 Å². The summed E-state index contributed by atoms with van der Waals surface area (Å²) >= 11 is 0. The molecule has 0 heterocycles. The molecule has 3 atom stereocenters. The van der Waals surface area contributed by atoms with Crippen LogP contribution in [0.1, 0.15) is 149 Å². The van der Waals surface area contributed by atoms with Crippen LogP contribution >= 0.6 is 7.82 Å². The van der Waals surface area contributed by atoms with Crippen molar-refractivity contribution in [3.05, 3.63) is 72.9 Å². The molecular formula is C46H81NO9P+. The highest BCUT2D eigenvalue weighted by molar-refractivity contribution is 7.47. The van der Waals surface area contributed by atoms with Gasteiger partial charge in [-0.25, -0.2) is 4.57 Å². The van der Waals surface area contributed by atoms with Crippen LogP contribution in [0.2, 0.25) is 0 Å². The van der Waals surface area contributed by atoms with Crippen molar-refractivity contribution < 1.29 is 47.2 Å². The molecule has 0 spiro atoms. The van der Waals surface area contributed by atoms with E-state index in [-0.39, 0.29) is 26.1 Å². The number of esters is 2. The molecular weight excluding hydrogens is 741 g/mol. The number of hydrogen-bond donors (Lipinski definition) is 2. The summed E-state index contributed by atoms with van der Waals surface area (Å²) in [5.74, 6) is -0.922. The van der Waals surface area contributed by atoms with Crippen LogP contribution in [0.5, 0.6) is 0 Å². The number of hydrogen-bond acceptors (Lipinski definition) is 8. The van der Waals surface area contributed by atoms with E-state index < -0.39 is 38.6 Å². The normalized spacial score (nSPS) is 14.9. The molecule has 0 aromatic carbocycles. The number of rotatable bonds is 38. The Kier molecular flexibility index (Phi) is 36.0. The average Bonchev–Trinajstić information content (AvgIpc) is 3.15. The first-order valence-electron chi connectivity index (χ1n) is 21.8. The number of ether oxygens (including phenoxy) is 2. The maximum Gasteiger partial charge on any atom is 0.472 e. The van der Waals surface area contributed by atoms with Gasteiger partial charge in [0.05, 0.1) is 33.9 Å². The van der Waals surface area contributed by atoms with Crippen molar-refractivity contribution in [3.63, 3.8) is 0 Å². The van der Waals surface area contributed by atoms with E-state index in [1.807, 2.05) is 57.6 Å². The number of aliphatic hydroxyl groups excluding tert-OH is 1. The van der Waals surface area contributed by atoms with Crippen molar-refractivity contribution in [2.24, 2.45) is 0 Å². The van der Waals surface area contributed by atoms with Crippen LogP contribution in [0.25, 0.3) is 0 Å². The summed E-state index contributed by atoms with van der Waals surface area (Å²) in [4.78, 5) is 35.3. The van der Waals surface area contributed by atoms with Gasteiger partial charge in [-0.3, -0.25) is 18.6 Å². The maximum atomic E-state index is 12.7. The minimum absolute atomic E-state index is 0.00521. The van der Waals surface area contributed by atoms with E-state index >= 15 is 0 Å². The Hall–Kier alpha value is -2.59. The minimum Gasteiger partial charge on any atom is -0.462 e. The largest absolute Gasteiger partial charge is 0.472 e. The number of allylic oxidation sites excluding steroid dienone is 10. The van der Waals surface area contributed by atoms with E-state index in [1.54, 1.807) is 6.08 Å². The fraction of sp³-hybridized carbons (Fsp3) is 0.696. The summed E-state index contributed by atoms with van der Waals surface area (Å²) in [6.45, 7) is 4.11. The highest BCUT2D eigenvalue weighted by Gasteiger charge is 2.27. The van der Waals surface area contributed by atoms with E-state index in [9.17, 15) is 24.2 Å². The molecule has 0 aliphatic rings. The van der Waals surface area contributed by atoms with Gasteiger partial charge in [-0.1, -0.05) is 138 Å². The number of aliphatic hydroxyl groups is 1. The predicted octanol–water partition coefficient (Wildman–Crippen LogP) is 11.2. The van der Waals surface area contributed by atoms with Crippen molar-refractivity contribution in [1.29, 1.82) is 0 Å². The van der Waals surface area contributed by atoms with Gasteiger partial charge in [0.15, 0.2) is 6.10 Å². The van der Waals surface area contributed by atoms with Gasteiger partial charge < -0.3 is 24.0 Å². The highest BCUT2D eigenvalue weighted by atomic mass is 31.2. The second-order valence-electron chi connectivity index (χ2n) is 15.5. The lowest BCUT2D eigenvalue weighted by Crippen LogP contribution is -2.37. The second kappa shape index (κ2) is 37.7. The van der Waals surface area contributed by atoms with Crippen LogP contribution in [-0.4, -0.2) is 86.1 Å². The lowest BCUT2D eigenvalue weighted by atomic mass is 10.1. The van der Waals surface area contributed by atoms with Gasteiger partial charge in [-0.15, -0.1) is 0 Å². The quantitative estimate of drug-likeness (QED) is 0.0156. The van der Waals surface area contributed by atoms with E-state index in [2.05, 4.69) is 44.2 Å². The zero-order valence-electron chi connectivity index (χ0n) is 36.4. The average molecular weight is 823 g/mol. The molecule has 328 valence electrons. The zero-order chi connectivity index (χ0) is 42.3. The number of carbonyl (C=O) groups excluding carboxylic acids is 2. The Balaban J connectivity index is 4.56. The van der Waals surface area contributed by atoms with Gasteiger partial charge in [0, 0.05) is 12.8 Å². The summed E-state index contributed by atoms with van der Waals surface area (Å²) in [7, 11) is 1.39. The van der Waals surface area contributed by atoms with Crippen LogP contribution < -0.4 is 0 Å². The fourth-order valence-corrected chi connectivity index (χ4v) is 6.10. The third-order valence-electron chi connectivity index (χ3n) is 8.80. The molecule has 57 heavy (non-hydrogen) atoms.